The summed E-state index contributed by atoms with van der Waals surface area (Å²) in [6.45, 7) is 2.12. The first-order valence-electron chi connectivity index (χ1n) is 11.8. The van der Waals surface area contributed by atoms with Gasteiger partial charge in [0.05, 0.1) is 0 Å². The van der Waals surface area contributed by atoms with Crippen LogP contribution in [0.2, 0.25) is 0 Å². The van der Waals surface area contributed by atoms with Gasteiger partial charge in [0.2, 0.25) is 0 Å². The molecule has 2 aromatic carbocycles. The fourth-order valence-electron chi connectivity index (χ4n) is 4.40. The number of ether oxygens (including phenoxy) is 1. The van der Waals surface area contributed by atoms with E-state index in [2.05, 4.69) is 22.9 Å². The first-order valence-corrected chi connectivity index (χ1v) is 11.8. The number of rotatable bonds is 11. The third-order valence-corrected chi connectivity index (χ3v) is 6.38. The molecule has 2 aliphatic rings. The van der Waals surface area contributed by atoms with Crippen LogP contribution in [0.1, 0.15) is 56.1 Å². The van der Waals surface area contributed by atoms with E-state index in [1.165, 1.54) is 0 Å². The maximum Gasteiger partial charge on any atom is 0.407 e. The van der Waals surface area contributed by atoms with Crippen molar-refractivity contribution >= 4 is 18.0 Å². The standard InChI is InChI=1S/C26H30N2O6/c1-2-3-12-22(24(29)28-34-23(25(30)31)16-13-14-16)27-26(32)33-15-21-19-10-6-4-8-17(19)18-9-5-7-11-20(18)21/h4-11,16,21-23H,2-3,12-15H2,1H3,(H,27,32)(H,28,29)(H,30,31)/t22-,23?/m0/s1. The Balaban J connectivity index is 1.36. The molecule has 1 unspecified atom stereocenters. The van der Waals surface area contributed by atoms with Crippen LogP contribution in [-0.4, -0.2) is 41.8 Å². The molecule has 2 atom stereocenters. The Kier molecular flexibility index (Phi) is 7.47. The van der Waals surface area contributed by atoms with Crippen molar-refractivity contribution in [2.45, 2.75) is 57.1 Å². The lowest BCUT2D eigenvalue weighted by Gasteiger charge is -2.20. The molecule has 2 aromatic rings. The van der Waals surface area contributed by atoms with Crippen molar-refractivity contribution in [3.63, 3.8) is 0 Å². The fourth-order valence-corrected chi connectivity index (χ4v) is 4.40. The van der Waals surface area contributed by atoms with Gasteiger partial charge in [0.25, 0.3) is 5.91 Å². The predicted octanol–water partition coefficient (Wildman–Crippen LogP) is 3.99. The van der Waals surface area contributed by atoms with E-state index in [1.54, 1.807) is 0 Å². The second-order valence-corrected chi connectivity index (χ2v) is 8.85. The van der Waals surface area contributed by atoms with Crippen LogP contribution in [0.5, 0.6) is 0 Å². The number of unbranched alkanes of at least 4 members (excludes halogenated alkanes) is 1. The number of carboxylic acid groups (broad SMARTS) is 1. The van der Waals surface area contributed by atoms with Crippen LogP contribution >= 0.6 is 0 Å². The Morgan fingerprint density at radius 1 is 1.03 bits per heavy atom. The minimum absolute atomic E-state index is 0.0840. The lowest BCUT2D eigenvalue weighted by molar-refractivity contribution is -0.163. The quantitative estimate of drug-likeness (QED) is 0.432. The van der Waals surface area contributed by atoms with Gasteiger partial charge in [0.1, 0.15) is 12.6 Å². The molecule has 180 valence electrons. The number of carboxylic acids is 1. The number of hydrogen-bond donors (Lipinski definition) is 3. The molecule has 0 aliphatic heterocycles. The Morgan fingerprint density at radius 2 is 1.65 bits per heavy atom. The van der Waals surface area contributed by atoms with Crippen LogP contribution in [-0.2, 0) is 19.2 Å². The summed E-state index contributed by atoms with van der Waals surface area (Å²) in [5.74, 6) is -1.88. The summed E-state index contributed by atoms with van der Waals surface area (Å²) in [7, 11) is 0. The summed E-state index contributed by atoms with van der Waals surface area (Å²) < 4.78 is 5.55. The average molecular weight is 467 g/mol. The Morgan fingerprint density at radius 3 is 2.21 bits per heavy atom. The van der Waals surface area contributed by atoms with Crippen LogP contribution in [0, 0.1) is 5.92 Å². The summed E-state index contributed by atoms with van der Waals surface area (Å²) in [4.78, 5) is 41.8. The number of alkyl carbamates (subject to hydrolysis) is 1. The van der Waals surface area contributed by atoms with Crippen molar-refractivity contribution in [2.24, 2.45) is 5.92 Å². The largest absolute Gasteiger partial charge is 0.479 e. The molecule has 0 bridgehead atoms. The minimum atomic E-state index is -1.11. The fraction of sp³-hybridized carbons (Fsp3) is 0.423. The molecular weight excluding hydrogens is 436 g/mol. The second kappa shape index (κ2) is 10.7. The normalized spacial score (nSPS) is 16.1. The highest BCUT2D eigenvalue weighted by Crippen LogP contribution is 2.44. The highest BCUT2D eigenvalue weighted by Gasteiger charge is 2.38. The van der Waals surface area contributed by atoms with Crippen molar-refractivity contribution in [3.05, 3.63) is 59.7 Å². The maximum atomic E-state index is 12.6. The van der Waals surface area contributed by atoms with Crippen molar-refractivity contribution in [3.8, 4) is 11.1 Å². The highest BCUT2D eigenvalue weighted by molar-refractivity contribution is 5.85. The van der Waals surface area contributed by atoms with Gasteiger partial charge in [0, 0.05) is 5.92 Å². The smallest absolute Gasteiger partial charge is 0.407 e. The lowest BCUT2D eigenvalue weighted by atomic mass is 9.98. The molecule has 0 saturated heterocycles. The number of hydroxylamine groups is 1. The van der Waals surface area contributed by atoms with Crippen molar-refractivity contribution in [2.75, 3.05) is 6.61 Å². The first kappa shape index (κ1) is 23.8. The molecule has 1 saturated carbocycles. The van der Waals surface area contributed by atoms with Gasteiger partial charge in [-0.3, -0.25) is 9.63 Å². The van der Waals surface area contributed by atoms with Crippen LogP contribution in [0.3, 0.4) is 0 Å². The third-order valence-electron chi connectivity index (χ3n) is 6.38. The number of aliphatic carboxylic acids is 1. The van der Waals surface area contributed by atoms with E-state index < -0.39 is 30.1 Å². The van der Waals surface area contributed by atoms with Crippen LogP contribution in [0.15, 0.2) is 48.5 Å². The topological polar surface area (TPSA) is 114 Å². The number of nitrogens with one attached hydrogen (secondary N) is 2. The zero-order chi connectivity index (χ0) is 24.1. The van der Waals surface area contributed by atoms with E-state index in [0.29, 0.717) is 12.8 Å². The average Bonchev–Trinajstić information content (AvgIpc) is 3.62. The van der Waals surface area contributed by atoms with E-state index in [-0.39, 0.29) is 18.4 Å². The van der Waals surface area contributed by atoms with E-state index in [1.807, 2.05) is 43.3 Å². The van der Waals surface area contributed by atoms with Gasteiger partial charge in [-0.1, -0.05) is 68.3 Å². The lowest BCUT2D eigenvalue weighted by Crippen LogP contribution is -2.48. The number of benzene rings is 2. The number of fused-ring (bicyclic) bond motifs is 3. The molecule has 0 heterocycles. The zero-order valence-corrected chi connectivity index (χ0v) is 19.2. The van der Waals surface area contributed by atoms with E-state index in [4.69, 9.17) is 9.57 Å². The Hall–Kier alpha value is -3.39. The van der Waals surface area contributed by atoms with Gasteiger partial charge < -0.3 is 15.2 Å². The van der Waals surface area contributed by atoms with Gasteiger partial charge in [-0.15, -0.1) is 0 Å². The summed E-state index contributed by atoms with van der Waals surface area (Å²) >= 11 is 0. The molecule has 8 nitrogen and oxygen atoms in total. The van der Waals surface area contributed by atoms with Gasteiger partial charge in [-0.25, -0.2) is 15.1 Å². The Bertz CT molecular complexity index is 1010. The van der Waals surface area contributed by atoms with E-state index in [0.717, 1.165) is 41.5 Å². The number of carbonyl (C=O) groups excluding carboxylic acids is 2. The zero-order valence-electron chi connectivity index (χ0n) is 19.2. The molecule has 2 amide bonds. The monoisotopic (exact) mass is 466 g/mol. The molecule has 0 aromatic heterocycles. The second-order valence-electron chi connectivity index (χ2n) is 8.85. The summed E-state index contributed by atoms with van der Waals surface area (Å²) in [6.07, 6.45) is 1.65. The molecule has 3 N–H and O–H groups in total. The highest BCUT2D eigenvalue weighted by atomic mass is 16.7. The predicted molar refractivity (Wildman–Crippen MR) is 125 cm³/mol. The molecule has 1 fully saturated rings. The van der Waals surface area contributed by atoms with E-state index >= 15 is 0 Å². The number of amides is 2. The molecular formula is C26H30N2O6. The summed E-state index contributed by atoms with van der Waals surface area (Å²) in [5, 5.41) is 11.9. The molecule has 0 spiro atoms. The van der Waals surface area contributed by atoms with Crippen LogP contribution in [0.25, 0.3) is 11.1 Å². The first-order chi connectivity index (χ1) is 16.5. The maximum absolute atomic E-state index is 12.6. The summed E-state index contributed by atoms with van der Waals surface area (Å²) in [5.41, 5.74) is 6.70. The summed E-state index contributed by atoms with van der Waals surface area (Å²) in [6, 6.07) is 15.2. The van der Waals surface area contributed by atoms with Crippen molar-refractivity contribution < 1.29 is 29.1 Å². The van der Waals surface area contributed by atoms with E-state index in [9.17, 15) is 19.5 Å². The van der Waals surface area contributed by atoms with Crippen LogP contribution in [0.4, 0.5) is 4.79 Å². The van der Waals surface area contributed by atoms with Gasteiger partial charge in [-0.2, -0.15) is 0 Å². The molecule has 4 rings (SSSR count). The molecule has 34 heavy (non-hydrogen) atoms. The van der Waals surface area contributed by atoms with Gasteiger partial charge >= 0.3 is 12.1 Å². The van der Waals surface area contributed by atoms with Crippen molar-refractivity contribution in [1.29, 1.82) is 0 Å². The van der Waals surface area contributed by atoms with Gasteiger partial charge in [0.15, 0.2) is 6.10 Å². The Labute approximate surface area is 198 Å². The minimum Gasteiger partial charge on any atom is -0.479 e. The van der Waals surface area contributed by atoms with Crippen LogP contribution < -0.4 is 10.8 Å². The SMILES string of the molecule is CCCC[C@H](NC(=O)OCC1c2ccccc2-c2ccccc21)C(=O)NOC(C(=O)O)C1CC1. The van der Waals surface area contributed by atoms with Gasteiger partial charge in [-0.05, 0) is 47.4 Å². The number of hydrogen-bond acceptors (Lipinski definition) is 5. The molecule has 2 aliphatic carbocycles. The van der Waals surface area contributed by atoms with Crippen molar-refractivity contribution in [1.82, 2.24) is 10.8 Å². The molecule has 8 heteroatoms. The molecule has 0 radical (unpaired) electrons. The third kappa shape index (κ3) is 5.39. The number of carbonyl (C=O) groups is 3.